The highest BCUT2D eigenvalue weighted by Crippen LogP contribution is 2.40. The van der Waals surface area contributed by atoms with Crippen molar-refractivity contribution in [1.29, 1.82) is 0 Å². The van der Waals surface area contributed by atoms with E-state index in [-0.39, 0.29) is 0 Å². The Morgan fingerprint density at radius 1 is 1.17 bits per heavy atom. The normalized spacial score (nSPS) is 11.6. The van der Waals surface area contributed by atoms with Crippen LogP contribution in [0.15, 0.2) is 18.2 Å². The minimum Gasteiger partial charge on any atom is -0.404 e. The van der Waals surface area contributed by atoms with E-state index in [1.165, 1.54) is 0 Å². The molecule has 4 nitrogen and oxygen atoms in total. The molecule has 0 spiro atoms. The van der Waals surface area contributed by atoms with E-state index in [4.69, 9.17) is 14.3 Å². The highest BCUT2D eigenvalue weighted by atomic mass is 31.2. The van der Waals surface area contributed by atoms with Crippen molar-refractivity contribution in [2.24, 2.45) is 0 Å². The molecule has 0 atom stereocenters. The number of unbranched alkanes of at least 4 members (excludes halogenated alkanes) is 1. The predicted octanol–water partition coefficient (Wildman–Crippen LogP) is 3.45. The molecule has 18 heavy (non-hydrogen) atoms. The summed E-state index contributed by atoms with van der Waals surface area (Å²) in [7, 11) is -4.48. The molecule has 1 rings (SSSR count). The monoisotopic (exact) mass is 272 g/mol. The molecule has 0 amide bonds. The van der Waals surface area contributed by atoms with Gasteiger partial charge in [0.15, 0.2) is 0 Å². The minimum absolute atomic E-state index is 0.318. The molecule has 0 aliphatic carbocycles. The van der Waals surface area contributed by atoms with E-state index in [1.54, 1.807) is 12.1 Å². The third-order valence-electron chi connectivity index (χ3n) is 2.75. The van der Waals surface area contributed by atoms with Gasteiger partial charge in [0.05, 0.1) is 0 Å². The van der Waals surface area contributed by atoms with Crippen molar-refractivity contribution in [3.63, 3.8) is 0 Å². The lowest BCUT2D eigenvalue weighted by molar-refractivity contribution is 0.282. The Morgan fingerprint density at radius 3 is 2.44 bits per heavy atom. The molecule has 5 heteroatoms. The van der Waals surface area contributed by atoms with Gasteiger partial charge < -0.3 is 4.52 Å². The van der Waals surface area contributed by atoms with Crippen LogP contribution in [0, 0.1) is 0 Å². The van der Waals surface area contributed by atoms with Crippen LogP contribution in [-0.2, 0) is 17.4 Å². The first-order chi connectivity index (χ1) is 8.48. The van der Waals surface area contributed by atoms with Crippen LogP contribution >= 0.6 is 7.82 Å². The van der Waals surface area contributed by atoms with E-state index in [0.717, 1.165) is 43.2 Å². The highest BCUT2D eigenvalue weighted by molar-refractivity contribution is 7.46. The summed E-state index contributed by atoms with van der Waals surface area (Å²) < 4.78 is 15.7. The predicted molar refractivity (Wildman–Crippen MR) is 71.7 cm³/mol. The second-order valence-electron chi connectivity index (χ2n) is 4.33. The fourth-order valence-electron chi connectivity index (χ4n) is 1.96. The fourth-order valence-corrected chi connectivity index (χ4v) is 2.39. The number of hydrogen-bond acceptors (Lipinski definition) is 2. The van der Waals surface area contributed by atoms with E-state index < -0.39 is 7.82 Å². The number of phosphoric ester groups is 1. The zero-order valence-corrected chi connectivity index (χ0v) is 11.8. The maximum Gasteiger partial charge on any atom is 0.524 e. The van der Waals surface area contributed by atoms with Gasteiger partial charge in [-0.1, -0.05) is 38.8 Å². The molecule has 0 saturated carbocycles. The first-order valence-corrected chi connectivity index (χ1v) is 7.86. The second-order valence-corrected chi connectivity index (χ2v) is 5.49. The third kappa shape index (κ3) is 4.81. The fraction of sp³-hybridized carbons (Fsp3) is 0.538. The van der Waals surface area contributed by atoms with Gasteiger partial charge in [0.1, 0.15) is 5.75 Å². The van der Waals surface area contributed by atoms with Crippen molar-refractivity contribution < 1.29 is 18.9 Å². The molecule has 0 saturated heterocycles. The van der Waals surface area contributed by atoms with Gasteiger partial charge in [0.2, 0.25) is 0 Å². The van der Waals surface area contributed by atoms with Crippen LogP contribution in [0.1, 0.15) is 44.2 Å². The summed E-state index contributed by atoms with van der Waals surface area (Å²) in [5, 5.41) is 0. The molecular weight excluding hydrogens is 251 g/mol. The summed E-state index contributed by atoms with van der Waals surface area (Å²) >= 11 is 0. The minimum atomic E-state index is -4.48. The molecular formula is C13H21O4P. The number of benzene rings is 1. The van der Waals surface area contributed by atoms with Crippen LogP contribution in [0.3, 0.4) is 0 Å². The molecule has 1 aromatic carbocycles. The summed E-state index contributed by atoms with van der Waals surface area (Å²) in [5.41, 5.74) is 2.06. The Balaban J connectivity index is 3.04. The van der Waals surface area contributed by atoms with E-state index >= 15 is 0 Å². The van der Waals surface area contributed by atoms with Crippen molar-refractivity contribution in [2.45, 2.75) is 46.0 Å². The van der Waals surface area contributed by atoms with Gasteiger partial charge in [-0.3, -0.25) is 9.79 Å². The average molecular weight is 272 g/mol. The summed E-state index contributed by atoms with van der Waals surface area (Å²) in [6, 6.07) is 5.42. The third-order valence-corrected chi connectivity index (χ3v) is 3.18. The molecule has 0 bridgehead atoms. The lowest BCUT2D eigenvalue weighted by atomic mass is 9.98. The molecule has 0 fully saturated rings. The molecule has 0 heterocycles. The van der Waals surface area contributed by atoms with Gasteiger partial charge in [-0.2, -0.15) is 0 Å². The largest absolute Gasteiger partial charge is 0.524 e. The first kappa shape index (κ1) is 15.2. The second kappa shape index (κ2) is 6.93. The van der Waals surface area contributed by atoms with Crippen molar-refractivity contribution in [3.05, 3.63) is 29.3 Å². The Hall–Kier alpha value is -0.830. The number of aryl methyl sites for hydroxylation is 1. The van der Waals surface area contributed by atoms with Crippen LogP contribution in [0.5, 0.6) is 5.75 Å². The van der Waals surface area contributed by atoms with Crippen LogP contribution in [-0.4, -0.2) is 9.79 Å². The van der Waals surface area contributed by atoms with Crippen LogP contribution in [0.2, 0.25) is 0 Å². The van der Waals surface area contributed by atoms with Crippen LogP contribution in [0.4, 0.5) is 0 Å². The standard InChI is InChI=1S/C13H21O4P/c1-3-5-8-11-9-6-10-13(12(11)7-4-2)17-18(14,15)16/h6,9-10H,3-5,7-8H2,1-2H3,(H2,14,15,16). The maximum atomic E-state index is 11.0. The van der Waals surface area contributed by atoms with Gasteiger partial charge in [0, 0.05) is 0 Å². The summed E-state index contributed by atoms with van der Waals surface area (Å²) in [5.74, 6) is 0.318. The van der Waals surface area contributed by atoms with E-state index in [1.807, 2.05) is 13.0 Å². The summed E-state index contributed by atoms with van der Waals surface area (Å²) in [6.07, 6.45) is 4.77. The van der Waals surface area contributed by atoms with E-state index in [9.17, 15) is 4.57 Å². The van der Waals surface area contributed by atoms with Gasteiger partial charge in [-0.15, -0.1) is 0 Å². The number of phosphoric acid groups is 1. The number of hydrogen-bond donors (Lipinski definition) is 2. The van der Waals surface area contributed by atoms with Crippen LogP contribution < -0.4 is 4.52 Å². The Labute approximate surface area is 108 Å². The van der Waals surface area contributed by atoms with E-state index in [2.05, 4.69) is 6.92 Å². The maximum absolute atomic E-state index is 11.0. The molecule has 0 unspecified atom stereocenters. The van der Waals surface area contributed by atoms with Gasteiger partial charge in [-0.05, 0) is 36.5 Å². The number of rotatable bonds is 7. The molecule has 102 valence electrons. The van der Waals surface area contributed by atoms with Crippen molar-refractivity contribution >= 4 is 7.82 Å². The molecule has 0 aliphatic heterocycles. The topological polar surface area (TPSA) is 66.8 Å². The van der Waals surface area contributed by atoms with Crippen molar-refractivity contribution in [3.8, 4) is 5.75 Å². The zero-order valence-electron chi connectivity index (χ0n) is 10.9. The molecule has 1 aromatic rings. The lowest BCUT2D eigenvalue weighted by Crippen LogP contribution is -2.00. The van der Waals surface area contributed by atoms with Crippen molar-refractivity contribution in [1.82, 2.24) is 0 Å². The SMILES string of the molecule is CCCCc1cccc(OP(=O)(O)O)c1CCC. The van der Waals surface area contributed by atoms with Gasteiger partial charge >= 0.3 is 7.82 Å². The molecule has 2 N–H and O–H groups in total. The zero-order chi connectivity index (χ0) is 13.6. The molecule has 0 aromatic heterocycles. The quantitative estimate of drug-likeness (QED) is 0.746. The molecule has 0 aliphatic rings. The lowest BCUT2D eigenvalue weighted by Gasteiger charge is -2.15. The highest BCUT2D eigenvalue weighted by Gasteiger charge is 2.19. The summed E-state index contributed by atoms with van der Waals surface area (Å²) in [6.45, 7) is 4.16. The Bertz CT molecular complexity index is 425. The molecule has 0 radical (unpaired) electrons. The summed E-state index contributed by atoms with van der Waals surface area (Å²) in [4.78, 5) is 17.8. The average Bonchev–Trinajstić information content (AvgIpc) is 2.28. The van der Waals surface area contributed by atoms with Gasteiger partial charge in [0.25, 0.3) is 0 Å². The Morgan fingerprint density at radius 2 is 1.89 bits per heavy atom. The Kier molecular flexibility index (Phi) is 5.86. The van der Waals surface area contributed by atoms with E-state index in [0.29, 0.717) is 5.75 Å². The van der Waals surface area contributed by atoms with Crippen molar-refractivity contribution in [2.75, 3.05) is 0 Å². The first-order valence-electron chi connectivity index (χ1n) is 6.33. The van der Waals surface area contributed by atoms with Gasteiger partial charge in [-0.25, -0.2) is 4.57 Å². The van der Waals surface area contributed by atoms with Crippen LogP contribution in [0.25, 0.3) is 0 Å². The smallest absolute Gasteiger partial charge is 0.404 e.